The Morgan fingerprint density at radius 1 is 1.05 bits per heavy atom. The third-order valence-corrected chi connectivity index (χ3v) is 7.01. The molecule has 0 spiro atoms. The lowest BCUT2D eigenvalue weighted by Gasteiger charge is -2.26. The van der Waals surface area contributed by atoms with Gasteiger partial charge in [0.15, 0.2) is 0 Å². The van der Waals surface area contributed by atoms with E-state index in [0.717, 1.165) is 53.1 Å². The van der Waals surface area contributed by atoms with Crippen LogP contribution in [0.4, 0.5) is 0 Å². The van der Waals surface area contributed by atoms with E-state index >= 15 is 0 Å². The predicted molar refractivity (Wildman–Crippen MR) is 140 cm³/mol. The quantitative estimate of drug-likeness (QED) is 0.513. The maximum atomic E-state index is 13.3. The molecule has 190 valence electrons. The van der Waals surface area contributed by atoms with E-state index in [4.69, 9.17) is 9.84 Å². The van der Waals surface area contributed by atoms with Crippen LogP contribution in [0.5, 0.6) is 5.75 Å². The van der Waals surface area contributed by atoms with Crippen LogP contribution in [-0.4, -0.2) is 34.6 Å². The zero-order chi connectivity index (χ0) is 25.8. The predicted octanol–water partition coefficient (Wildman–Crippen LogP) is 4.04. The Kier molecular flexibility index (Phi) is 7.16. The fourth-order valence-electron chi connectivity index (χ4n) is 5.08. The van der Waals surface area contributed by atoms with Gasteiger partial charge in [-0.05, 0) is 54.2 Å². The molecule has 2 aliphatic rings. The zero-order valence-corrected chi connectivity index (χ0v) is 20.8. The van der Waals surface area contributed by atoms with Gasteiger partial charge in [-0.2, -0.15) is 5.10 Å². The molecule has 37 heavy (non-hydrogen) atoms. The fraction of sp³-hybridized carbons (Fsp3) is 0.310. The molecule has 0 bridgehead atoms. The van der Waals surface area contributed by atoms with Crippen LogP contribution in [0.3, 0.4) is 0 Å². The van der Waals surface area contributed by atoms with E-state index in [-0.39, 0.29) is 42.3 Å². The fourth-order valence-corrected chi connectivity index (χ4v) is 5.08. The van der Waals surface area contributed by atoms with Gasteiger partial charge in [0.25, 0.3) is 0 Å². The Hall–Kier alpha value is -4.20. The highest BCUT2D eigenvalue weighted by atomic mass is 16.5. The SMILES string of the molecule is COc1ccc([C@H]2CC(c3ccccc3)=NN2C(=O)CCC(=O)N[C@@H]2CCCc3[nH]c(=O)ccc32)cc1. The third-order valence-electron chi connectivity index (χ3n) is 7.01. The van der Waals surface area contributed by atoms with Crippen LogP contribution in [0.25, 0.3) is 0 Å². The highest BCUT2D eigenvalue weighted by Gasteiger charge is 2.33. The number of H-pyrrole nitrogens is 1. The Labute approximate surface area is 215 Å². The van der Waals surface area contributed by atoms with E-state index in [0.29, 0.717) is 6.42 Å². The molecule has 2 heterocycles. The van der Waals surface area contributed by atoms with Gasteiger partial charge in [-0.15, -0.1) is 0 Å². The van der Waals surface area contributed by atoms with Crippen molar-refractivity contribution < 1.29 is 14.3 Å². The Morgan fingerprint density at radius 2 is 1.84 bits per heavy atom. The van der Waals surface area contributed by atoms with E-state index in [1.165, 1.54) is 11.1 Å². The largest absolute Gasteiger partial charge is 0.497 e. The minimum Gasteiger partial charge on any atom is -0.497 e. The number of nitrogens with zero attached hydrogens (tertiary/aromatic N) is 2. The molecule has 8 nitrogen and oxygen atoms in total. The van der Waals surface area contributed by atoms with E-state index in [1.807, 2.05) is 54.6 Å². The number of amides is 2. The van der Waals surface area contributed by atoms with Crippen molar-refractivity contribution in [1.82, 2.24) is 15.3 Å². The lowest BCUT2D eigenvalue weighted by Crippen LogP contribution is -2.33. The second-order valence-electron chi connectivity index (χ2n) is 9.41. The monoisotopic (exact) mass is 498 g/mol. The van der Waals surface area contributed by atoms with Crippen LogP contribution in [0, 0.1) is 0 Å². The van der Waals surface area contributed by atoms with Gasteiger partial charge in [0.1, 0.15) is 5.75 Å². The van der Waals surface area contributed by atoms with Gasteiger partial charge in [-0.3, -0.25) is 14.4 Å². The standard InChI is InChI=1S/C29H30N4O4/c1-37-21-12-10-20(11-13-21)26-18-25(19-6-3-2-4-7-19)32-33(26)29(36)17-16-28(35)31-24-9-5-8-23-22(24)14-15-27(34)30-23/h2-4,6-7,10-15,24,26H,5,8-9,16-18H2,1H3,(H,30,34)(H,31,35)/t24-,26-/m1/s1. The summed E-state index contributed by atoms with van der Waals surface area (Å²) in [7, 11) is 1.62. The number of benzene rings is 2. The molecule has 1 aromatic heterocycles. The molecule has 2 aromatic carbocycles. The van der Waals surface area contributed by atoms with E-state index < -0.39 is 0 Å². The van der Waals surface area contributed by atoms with Gasteiger partial charge in [-0.1, -0.05) is 42.5 Å². The topological polar surface area (TPSA) is 104 Å². The van der Waals surface area contributed by atoms with Crippen molar-refractivity contribution in [3.05, 3.63) is 99.5 Å². The summed E-state index contributed by atoms with van der Waals surface area (Å²) in [5, 5.41) is 9.27. The molecular weight excluding hydrogens is 468 g/mol. The molecule has 1 aliphatic carbocycles. The number of hydrogen-bond donors (Lipinski definition) is 2. The summed E-state index contributed by atoms with van der Waals surface area (Å²) in [6.45, 7) is 0. The number of rotatable bonds is 7. The van der Waals surface area contributed by atoms with Crippen molar-refractivity contribution in [1.29, 1.82) is 0 Å². The maximum Gasteiger partial charge on any atom is 0.248 e. The van der Waals surface area contributed by atoms with Crippen LogP contribution in [0.1, 0.15) is 66.6 Å². The smallest absolute Gasteiger partial charge is 0.248 e. The van der Waals surface area contributed by atoms with E-state index in [1.54, 1.807) is 13.2 Å². The number of aromatic nitrogens is 1. The first-order chi connectivity index (χ1) is 18.0. The Balaban J connectivity index is 1.28. The normalized spacial score (nSPS) is 18.6. The van der Waals surface area contributed by atoms with Gasteiger partial charge in [0.05, 0.1) is 24.9 Å². The van der Waals surface area contributed by atoms with Gasteiger partial charge in [0.2, 0.25) is 17.4 Å². The van der Waals surface area contributed by atoms with Crippen molar-refractivity contribution in [2.75, 3.05) is 7.11 Å². The van der Waals surface area contributed by atoms with Crippen LogP contribution in [0.15, 0.2) is 76.6 Å². The van der Waals surface area contributed by atoms with Crippen LogP contribution in [0.2, 0.25) is 0 Å². The van der Waals surface area contributed by atoms with Crippen molar-refractivity contribution in [2.24, 2.45) is 5.10 Å². The first-order valence-electron chi connectivity index (χ1n) is 12.6. The number of nitrogens with one attached hydrogen (secondary N) is 2. The van der Waals surface area contributed by atoms with Crippen LogP contribution in [-0.2, 0) is 16.0 Å². The van der Waals surface area contributed by atoms with Crippen molar-refractivity contribution in [2.45, 2.75) is 50.6 Å². The van der Waals surface area contributed by atoms with Gasteiger partial charge in [0, 0.05) is 31.0 Å². The maximum absolute atomic E-state index is 13.3. The number of methoxy groups -OCH3 is 1. The van der Waals surface area contributed by atoms with Crippen molar-refractivity contribution >= 4 is 17.5 Å². The molecular formula is C29H30N4O4. The summed E-state index contributed by atoms with van der Waals surface area (Å²) in [6, 6.07) is 20.3. The molecule has 0 unspecified atom stereocenters. The Morgan fingerprint density at radius 3 is 2.59 bits per heavy atom. The number of fused-ring (bicyclic) bond motifs is 1. The van der Waals surface area contributed by atoms with E-state index in [9.17, 15) is 14.4 Å². The number of carbonyl (C=O) groups is 2. The molecule has 3 aromatic rings. The average Bonchev–Trinajstić information content (AvgIpc) is 3.38. The molecule has 2 N–H and O–H groups in total. The highest BCUT2D eigenvalue weighted by Crippen LogP contribution is 2.34. The van der Waals surface area contributed by atoms with E-state index in [2.05, 4.69) is 10.3 Å². The highest BCUT2D eigenvalue weighted by molar-refractivity contribution is 6.03. The zero-order valence-electron chi connectivity index (χ0n) is 20.8. The summed E-state index contributed by atoms with van der Waals surface area (Å²) in [6.07, 6.45) is 3.18. The summed E-state index contributed by atoms with van der Waals surface area (Å²) < 4.78 is 5.28. The first kappa shape index (κ1) is 24.5. The number of hydrogen-bond acceptors (Lipinski definition) is 5. The second kappa shape index (κ2) is 10.8. The minimum atomic E-state index is -0.251. The average molecular weight is 499 g/mol. The number of pyridine rings is 1. The first-order valence-corrected chi connectivity index (χ1v) is 12.6. The van der Waals surface area contributed by atoms with Gasteiger partial charge in [-0.25, -0.2) is 5.01 Å². The molecule has 1 aliphatic heterocycles. The summed E-state index contributed by atoms with van der Waals surface area (Å²) >= 11 is 0. The van der Waals surface area contributed by atoms with Crippen LogP contribution < -0.4 is 15.6 Å². The molecule has 0 saturated heterocycles. The minimum absolute atomic E-state index is 0.0509. The molecule has 0 radical (unpaired) electrons. The number of hydrazone groups is 1. The summed E-state index contributed by atoms with van der Waals surface area (Å²) in [5.74, 6) is 0.356. The van der Waals surface area contributed by atoms with Crippen LogP contribution >= 0.6 is 0 Å². The number of ether oxygens (including phenoxy) is 1. The molecule has 0 saturated carbocycles. The lowest BCUT2D eigenvalue weighted by atomic mass is 9.91. The number of aryl methyl sites for hydroxylation is 1. The number of carbonyl (C=O) groups excluding carboxylic acids is 2. The second-order valence-corrected chi connectivity index (χ2v) is 9.41. The third kappa shape index (κ3) is 5.48. The molecule has 2 amide bonds. The summed E-state index contributed by atoms with van der Waals surface area (Å²) in [4.78, 5) is 40.7. The molecule has 2 atom stereocenters. The van der Waals surface area contributed by atoms with Crippen molar-refractivity contribution in [3.63, 3.8) is 0 Å². The van der Waals surface area contributed by atoms with Gasteiger partial charge >= 0.3 is 0 Å². The lowest BCUT2D eigenvalue weighted by molar-refractivity contribution is -0.135. The molecule has 5 rings (SSSR count). The Bertz CT molecular complexity index is 1360. The van der Waals surface area contributed by atoms with Crippen molar-refractivity contribution in [3.8, 4) is 5.75 Å². The molecule has 8 heteroatoms. The number of aromatic amines is 1. The molecule has 0 fully saturated rings. The summed E-state index contributed by atoms with van der Waals surface area (Å²) in [5.41, 5.74) is 4.46. The van der Waals surface area contributed by atoms with Gasteiger partial charge < -0.3 is 15.0 Å².